The van der Waals surface area contributed by atoms with Crippen LogP contribution in [0.2, 0.25) is 0 Å². The fourth-order valence-electron chi connectivity index (χ4n) is 3.95. The van der Waals surface area contributed by atoms with Crippen molar-refractivity contribution in [1.29, 1.82) is 0 Å². The van der Waals surface area contributed by atoms with Crippen molar-refractivity contribution in [2.45, 2.75) is 44.1 Å². The van der Waals surface area contributed by atoms with Gasteiger partial charge in [0.2, 0.25) is 0 Å². The van der Waals surface area contributed by atoms with E-state index in [-0.39, 0.29) is 30.5 Å². The second-order valence-electron chi connectivity index (χ2n) is 9.29. The van der Waals surface area contributed by atoms with E-state index >= 15 is 0 Å². The number of rotatable bonds is 14. The number of ether oxygens (including phenoxy) is 2. The van der Waals surface area contributed by atoms with Crippen LogP contribution in [0.25, 0.3) is 6.08 Å². The van der Waals surface area contributed by atoms with Gasteiger partial charge in [0.05, 0.1) is 18.8 Å². The molecular formula is C31H34F3N2O3. The quantitative estimate of drug-likeness (QED) is 0.0977. The van der Waals surface area contributed by atoms with E-state index in [1.165, 1.54) is 36.4 Å². The number of hydrogen-bond donors (Lipinski definition) is 2. The number of anilines is 2. The Morgan fingerprint density at radius 2 is 1.64 bits per heavy atom. The molecule has 5 nitrogen and oxygen atoms in total. The largest absolute Gasteiger partial charge is 0.462 e. The SMILES string of the molecule is [CH2]C(COC(=O)/C=C/c1ccc(OC(F)(F)c2ccc(CCCCCCF)cc2)cc1)c1ccc(N)cc1N. The highest BCUT2D eigenvalue weighted by Crippen LogP contribution is 2.32. The van der Waals surface area contributed by atoms with Gasteiger partial charge in [-0.15, -0.1) is 0 Å². The molecule has 0 amide bonds. The molecule has 3 rings (SSSR count). The first kappa shape index (κ1) is 29.6. The van der Waals surface area contributed by atoms with Crippen LogP contribution in [-0.4, -0.2) is 19.3 Å². The molecule has 0 saturated carbocycles. The maximum absolute atomic E-state index is 14.7. The highest BCUT2D eigenvalue weighted by molar-refractivity contribution is 5.87. The number of alkyl halides is 3. The minimum atomic E-state index is -3.51. The fourth-order valence-corrected chi connectivity index (χ4v) is 3.95. The second-order valence-corrected chi connectivity index (χ2v) is 9.29. The Hall–Kier alpha value is -3.94. The molecule has 3 aromatic carbocycles. The number of carbonyl (C=O) groups excluding carboxylic acids is 1. The molecule has 8 heteroatoms. The molecule has 0 saturated heterocycles. The van der Waals surface area contributed by atoms with Gasteiger partial charge >= 0.3 is 12.1 Å². The van der Waals surface area contributed by atoms with Gasteiger partial charge in [-0.2, -0.15) is 8.78 Å². The summed E-state index contributed by atoms with van der Waals surface area (Å²) < 4.78 is 51.7. The summed E-state index contributed by atoms with van der Waals surface area (Å²) >= 11 is 0. The van der Waals surface area contributed by atoms with Crippen LogP contribution in [0, 0.1) is 6.92 Å². The van der Waals surface area contributed by atoms with E-state index in [1.54, 1.807) is 42.5 Å². The van der Waals surface area contributed by atoms with Crippen LogP contribution in [0.5, 0.6) is 5.75 Å². The Labute approximate surface area is 227 Å². The zero-order valence-electron chi connectivity index (χ0n) is 21.8. The molecule has 39 heavy (non-hydrogen) atoms. The van der Waals surface area contributed by atoms with Gasteiger partial charge in [0.1, 0.15) is 5.75 Å². The Morgan fingerprint density at radius 3 is 2.31 bits per heavy atom. The maximum atomic E-state index is 14.7. The highest BCUT2D eigenvalue weighted by atomic mass is 19.3. The van der Waals surface area contributed by atoms with E-state index < -0.39 is 12.1 Å². The van der Waals surface area contributed by atoms with Crippen LogP contribution in [0.1, 0.15) is 53.9 Å². The predicted octanol–water partition coefficient (Wildman–Crippen LogP) is 7.23. The van der Waals surface area contributed by atoms with Gasteiger partial charge in [-0.3, -0.25) is 4.39 Å². The van der Waals surface area contributed by atoms with E-state index in [0.29, 0.717) is 23.4 Å². The van der Waals surface area contributed by atoms with Gasteiger partial charge in [-0.05, 0) is 85.4 Å². The van der Waals surface area contributed by atoms with E-state index in [2.05, 4.69) is 6.92 Å². The van der Waals surface area contributed by atoms with Crippen molar-refractivity contribution in [3.8, 4) is 5.75 Å². The summed E-state index contributed by atoms with van der Waals surface area (Å²) in [6, 6.07) is 17.0. The molecule has 1 radical (unpaired) electrons. The lowest BCUT2D eigenvalue weighted by atomic mass is 10.00. The smallest absolute Gasteiger partial charge is 0.426 e. The Morgan fingerprint density at radius 1 is 0.949 bits per heavy atom. The van der Waals surface area contributed by atoms with Crippen molar-refractivity contribution in [3.05, 3.63) is 102 Å². The molecule has 0 heterocycles. The van der Waals surface area contributed by atoms with Gasteiger partial charge in [0, 0.05) is 23.4 Å². The zero-order valence-corrected chi connectivity index (χ0v) is 21.8. The molecule has 0 fully saturated rings. The zero-order chi connectivity index (χ0) is 28.3. The molecule has 0 aliphatic rings. The van der Waals surface area contributed by atoms with Crippen LogP contribution in [0.3, 0.4) is 0 Å². The third-order valence-corrected chi connectivity index (χ3v) is 6.15. The number of benzene rings is 3. The molecule has 1 atom stereocenters. The number of unbranched alkanes of at least 4 members (excludes halogenated alkanes) is 3. The summed E-state index contributed by atoms with van der Waals surface area (Å²) in [4.78, 5) is 12.1. The highest BCUT2D eigenvalue weighted by Gasteiger charge is 2.34. The van der Waals surface area contributed by atoms with Gasteiger partial charge in [0.25, 0.3) is 0 Å². The number of nitrogens with two attached hydrogens (primary N) is 2. The van der Waals surface area contributed by atoms with Crippen molar-refractivity contribution in [2.24, 2.45) is 0 Å². The average molecular weight is 540 g/mol. The van der Waals surface area contributed by atoms with Crippen molar-refractivity contribution in [1.82, 2.24) is 0 Å². The van der Waals surface area contributed by atoms with Gasteiger partial charge in [0.15, 0.2) is 0 Å². The lowest BCUT2D eigenvalue weighted by Crippen LogP contribution is -2.21. The third kappa shape index (κ3) is 9.39. The number of aryl methyl sites for hydroxylation is 1. The molecule has 0 bridgehead atoms. The first-order valence-corrected chi connectivity index (χ1v) is 12.8. The predicted molar refractivity (Wildman–Crippen MR) is 149 cm³/mol. The van der Waals surface area contributed by atoms with Gasteiger partial charge in [-0.25, -0.2) is 4.79 Å². The Bertz CT molecular complexity index is 1230. The molecule has 4 N–H and O–H groups in total. The topological polar surface area (TPSA) is 87.6 Å². The second kappa shape index (κ2) is 14.3. The van der Waals surface area contributed by atoms with Crippen LogP contribution >= 0.6 is 0 Å². The van der Waals surface area contributed by atoms with Crippen LogP contribution < -0.4 is 16.2 Å². The van der Waals surface area contributed by atoms with Gasteiger partial charge < -0.3 is 20.9 Å². The van der Waals surface area contributed by atoms with E-state index in [0.717, 1.165) is 36.8 Å². The Balaban J connectivity index is 1.48. The average Bonchev–Trinajstić information content (AvgIpc) is 2.91. The van der Waals surface area contributed by atoms with Crippen LogP contribution in [-0.2, 0) is 22.1 Å². The molecule has 1 unspecified atom stereocenters. The molecule has 207 valence electrons. The first-order chi connectivity index (χ1) is 18.7. The molecule has 0 spiro atoms. The molecule has 0 aliphatic carbocycles. The van der Waals surface area contributed by atoms with Crippen molar-refractivity contribution >= 4 is 23.4 Å². The molecule has 0 aliphatic heterocycles. The minimum Gasteiger partial charge on any atom is -0.462 e. The fraction of sp³-hybridized carbons (Fsp3) is 0.290. The standard InChI is InChI=1S/C31H34F3N2O3/c1-22(28-17-14-26(35)20-29(28)36)21-38-30(37)18-11-24-9-15-27(16-10-24)39-31(33,34)25-12-7-23(8-13-25)6-4-2-3-5-19-32/h7-18,20,22H,1-6,19,21,35-36H2/b18-11+. The summed E-state index contributed by atoms with van der Waals surface area (Å²) in [7, 11) is 0. The maximum Gasteiger partial charge on any atom is 0.426 e. The normalized spacial score (nSPS) is 12.4. The molecular weight excluding hydrogens is 505 g/mol. The van der Waals surface area contributed by atoms with E-state index in [9.17, 15) is 18.0 Å². The Kier molecular flexibility index (Phi) is 10.8. The number of carbonyl (C=O) groups is 1. The van der Waals surface area contributed by atoms with Crippen molar-refractivity contribution in [2.75, 3.05) is 24.7 Å². The third-order valence-electron chi connectivity index (χ3n) is 6.15. The summed E-state index contributed by atoms with van der Waals surface area (Å²) in [6.07, 6.45) is 3.19. The van der Waals surface area contributed by atoms with E-state index in [1.807, 2.05) is 0 Å². The van der Waals surface area contributed by atoms with Crippen LogP contribution in [0.4, 0.5) is 24.5 Å². The molecule has 0 aromatic heterocycles. The van der Waals surface area contributed by atoms with Crippen LogP contribution in [0.15, 0.2) is 72.8 Å². The lowest BCUT2D eigenvalue weighted by molar-refractivity contribution is -0.185. The monoisotopic (exact) mass is 539 g/mol. The van der Waals surface area contributed by atoms with Crippen molar-refractivity contribution in [3.63, 3.8) is 0 Å². The number of halogens is 3. The summed E-state index contributed by atoms with van der Waals surface area (Å²) in [6.45, 7) is 3.69. The molecule has 3 aromatic rings. The first-order valence-electron chi connectivity index (χ1n) is 12.8. The van der Waals surface area contributed by atoms with Crippen molar-refractivity contribution < 1.29 is 27.4 Å². The van der Waals surface area contributed by atoms with Gasteiger partial charge in [-0.1, -0.05) is 43.2 Å². The summed E-state index contributed by atoms with van der Waals surface area (Å²) in [5.74, 6) is -0.957. The minimum absolute atomic E-state index is 0.0161. The summed E-state index contributed by atoms with van der Waals surface area (Å²) in [5, 5.41) is 0. The lowest BCUT2D eigenvalue weighted by Gasteiger charge is -2.18. The summed E-state index contributed by atoms with van der Waals surface area (Å²) in [5.41, 5.74) is 14.7. The number of esters is 1. The number of nitrogen functional groups attached to an aromatic ring is 2. The number of hydrogen-bond acceptors (Lipinski definition) is 5. The van der Waals surface area contributed by atoms with E-state index in [4.69, 9.17) is 20.9 Å².